The molecule has 1 amide bonds. The average Bonchev–Trinajstić information content (AvgIpc) is 2.45. The van der Waals surface area contributed by atoms with Crippen LogP contribution in [0.4, 0.5) is 0 Å². The van der Waals surface area contributed by atoms with Crippen LogP contribution in [0.25, 0.3) is 0 Å². The summed E-state index contributed by atoms with van der Waals surface area (Å²) >= 11 is 0. The molecule has 0 unspecified atom stereocenters. The van der Waals surface area contributed by atoms with Crippen molar-refractivity contribution in [3.8, 4) is 11.8 Å². The molecule has 0 fully saturated rings. The van der Waals surface area contributed by atoms with E-state index in [1.165, 1.54) is 4.90 Å². The second-order valence-electron chi connectivity index (χ2n) is 6.56. The Labute approximate surface area is 139 Å². The van der Waals surface area contributed by atoms with Gasteiger partial charge in [0.1, 0.15) is 11.3 Å². The fourth-order valence-electron chi connectivity index (χ4n) is 2.54. The largest absolute Gasteiger partial charge is 0.496 e. The minimum Gasteiger partial charge on any atom is -0.496 e. The fraction of sp³-hybridized carbons (Fsp3) is 0.556. The number of hydrogen-bond acceptors (Lipinski definition) is 4. The summed E-state index contributed by atoms with van der Waals surface area (Å²) in [5.74, 6) is 0.837. The predicted molar refractivity (Wildman–Crippen MR) is 91.3 cm³/mol. The first-order valence-electron chi connectivity index (χ1n) is 7.63. The maximum atomic E-state index is 12.3. The Morgan fingerprint density at radius 1 is 1.26 bits per heavy atom. The molecule has 0 spiro atoms. The van der Waals surface area contributed by atoms with Crippen molar-refractivity contribution in [2.45, 2.75) is 39.8 Å². The number of carbonyl (C=O) groups is 1. The molecule has 1 rings (SSSR count). The molecule has 0 saturated heterocycles. The van der Waals surface area contributed by atoms with Crippen molar-refractivity contribution >= 4 is 5.91 Å². The van der Waals surface area contributed by atoms with Gasteiger partial charge < -0.3 is 9.64 Å². The standard InChI is InChI=1S/C18H27N3O2/c1-13-8-15(9-14(2)17(13)23-7)10-20(5)11-16(22)21(6)18(3,4)12-19/h8-9H,10-11H2,1-7H3. The molecule has 0 aliphatic rings. The molecule has 0 atom stereocenters. The zero-order valence-corrected chi connectivity index (χ0v) is 15.2. The van der Waals surface area contributed by atoms with Crippen molar-refractivity contribution in [1.29, 1.82) is 5.26 Å². The Morgan fingerprint density at radius 2 is 1.78 bits per heavy atom. The molecule has 0 radical (unpaired) electrons. The molecule has 23 heavy (non-hydrogen) atoms. The van der Waals surface area contributed by atoms with Crippen molar-refractivity contribution in [3.05, 3.63) is 28.8 Å². The summed E-state index contributed by atoms with van der Waals surface area (Å²) in [7, 11) is 5.24. The van der Waals surface area contributed by atoms with Gasteiger partial charge in [-0.1, -0.05) is 12.1 Å². The lowest BCUT2D eigenvalue weighted by atomic mass is 10.0. The number of hydrogen-bond donors (Lipinski definition) is 0. The molecule has 0 heterocycles. The van der Waals surface area contributed by atoms with Crippen molar-refractivity contribution in [1.82, 2.24) is 9.80 Å². The first-order chi connectivity index (χ1) is 10.6. The maximum Gasteiger partial charge on any atom is 0.237 e. The third-order valence-electron chi connectivity index (χ3n) is 4.07. The summed E-state index contributed by atoms with van der Waals surface area (Å²) in [5.41, 5.74) is 2.51. The fourth-order valence-corrected chi connectivity index (χ4v) is 2.54. The topological polar surface area (TPSA) is 56.6 Å². The summed E-state index contributed by atoms with van der Waals surface area (Å²) in [6.07, 6.45) is 0. The van der Waals surface area contributed by atoms with Gasteiger partial charge in [-0.3, -0.25) is 9.69 Å². The van der Waals surface area contributed by atoms with E-state index in [0.717, 1.165) is 22.4 Å². The minimum atomic E-state index is -0.800. The van der Waals surface area contributed by atoms with Crippen LogP contribution in [-0.2, 0) is 11.3 Å². The van der Waals surface area contributed by atoms with Gasteiger partial charge >= 0.3 is 0 Å². The number of nitrogens with zero attached hydrogens (tertiary/aromatic N) is 3. The lowest BCUT2D eigenvalue weighted by Crippen LogP contribution is -2.47. The number of ether oxygens (including phenoxy) is 1. The smallest absolute Gasteiger partial charge is 0.237 e. The highest BCUT2D eigenvalue weighted by atomic mass is 16.5. The quantitative estimate of drug-likeness (QED) is 0.809. The molecule has 126 valence electrons. The lowest BCUT2D eigenvalue weighted by molar-refractivity contribution is -0.134. The lowest BCUT2D eigenvalue weighted by Gasteiger charge is -2.30. The Bertz CT molecular complexity index is 594. The molecular formula is C18H27N3O2. The molecule has 0 aliphatic heterocycles. The van der Waals surface area contributed by atoms with E-state index in [4.69, 9.17) is 10.00 Å². The Morgan fingerprint density at radius 3 is 2.22 bits per heavy atom. The number of rotatable bonds is 6. The summed E-state index contributed by atoms with van der Waals surface area (Å²) in [6, 6.07) is 6.30. The molecule has 5 heteroatoms. The Kier molecular flexibility index (Phi) is 6.17. The Hall–Kier alpha value is -2.06. The number of amides is 1. The van der Waals surface area contributed by atoms with E-state index in [-0.39, 0.29) is 12.5 Å². The van der Waals surface area contributed by atoms with Gasteiger partial charge in [0, 0.05) is 13.6 Å². The van der Waals surface area contributed by atoms with Crippen LogP contribution in [0, 0.1) is 25.2 Å². The van der Waals surface area contributed by atoms with Gasteiger partial charge in [0.2, 0.25) is 5.91 Å². The van der Waals surface area contributed by atoms with Crippen LogP contribution in [0.15, 0.2) is 12.1 Å². The van der Waals surface area contributed by atoms with Crippen LogP contribution in [0.3, 0.4) is 0 Å². The van der Waals surface area contributed by atoms with Crippen LogP contribution in [-0.4, -0.2) is 49.0 Å². The average molecular weight is 317 g/mol. The van der Waals surface area contributed by atoms with Crippen LogP contribution < -0.4 is 4.74 Å². The molecule has 5 nitrogen and oxygen atoms in total. The number of benzene rings is 1. The molecular weight excluding hydrogens is 290 g/mol. The number of nitriles is 1. The van der Waals surface area contributed by atoms with Crippen LogP contribution >= 0.6 is 0 Å². The second-order valence-corrected chi connectivity index (χ2v) is 6.56. The van der Waals surface area contributed by atoms with E-state index >= 15 is 0 Å². The summed E-state index contributed by atoms with van der Waals surface area (Å²) in [4.78, 5) is 15.7. The van der Waals surface area contributed by atoms with E-state index in [1.54, 1.807) is 28.0 Å². The predicted octanol–water partition coefficient (Wildman–Crippen LogP) is 2.50. The monoisotopic (exact) mass is 317 g/mol. The molecule has 0 aromatic heterocycles. The summed E-state index contributed by atoms with van der Waals surface area (Å²) < 4.78 is 5.38. The summed E-state index contributed by atoms with van der Waals surface area (Å²) in [6.45, 7) is 8.44. The minimum absolute atomic E-state index is 0.0685. The van der Waals surface area contributed by atoms with Gasteiger partial charge in [-0.05, 0) is 51.4 Å². The van der Waals surface area contributed by atoms with Crippen molar-refractivity contribution in [3.63, 3.8) is 0 Å². The van der Waals surface area contributed by atoms with E-state index in [9.17, 15) is 4.79 Å². The number of carbonyl (C=O) groups excluding carboxylic acids is 1. The summed E-state index contributed by atoms with van der Waals surface area (Å²) in [5, 5.41) is 9.12. The third-order valence-corrected chi connectivity index (χ3v) is 4.07. The van der Waals surface area contributed by atoms with Gasteiger partial charge in [0.15, 0.2) is 0 Å². The zero-order chi connectivity index (χ0) is 17.8. The van der Waals surface area contributed by atoms with E-state index in [0.29, 0.717) is 6.54 Å². The third kappa shape index (κ3) is 4.70. The van der Waals surface area contributed by atoms with Crippen molar-refractivity contribution in [2.75, 3.05) is 27.7 Å². The maximum absolute atomic E-state index is 12.3. The van der Waals surface area contributed by atoms with E-state index in [2.05, 4.69) is 18.2 Å². The zero-order valence-electron chi connectivity index (χ0n) is 15.2. The van der Waals surface area contributed by atoms with Gasteiger partial charge in [-0.2, -0.15) is 5.26 Å². The van der Waals surface area contributed by atoms with Crippen LogP contribution in [0.5, 0.6) is 5.75 Å². The van der Waals surface area contributed by atoms with E-state index in [1.807, 2.05) is 25.8 Å². The van der Waals surface area contributed by atoms with Crippen molar-refractivity contribution < 1.29 is 9.53 Å². The molecule has 0 aliphatic carbocycles. The van der Waals surface area contributed by atoms with Gasteiger partial charge in [0.25, 0.3) is 0 Å². The molecule has 0 N–H and O–H groups in total. The molecule has 0 saturated carbocycles. The van der Waals surface area contributed by atoms with Crippen molar-refractivity contribution in [2.24, 2.45) is 0 Å². The molecule has 1 aromatic rings. The van der Waals surface area contributed by atoms with Gasteiger partial charge in [-0.25, -0.2) is 0 Å². The van der Waals surface area contributed by atoms with Crippen LogP contribution in [0.2, 0.25) is 0 Å². The first kappa shape index (κ1) is 19.0. The molecule has 0 bridgehead atoms. The van der Waals surface area contributed by atoms with Gasteiger partial charge in [-0.15, -0.1) is 0 Å². The highest BCUT2D eigenvalue weighted by molar-refractivity contribution is 5.79. The first-order valence-corrected chi connectivity index (χ1v) is 7.63. The number of likely N-dealkylation sites (N-methyl/N-ethyl adjacent to an activating group) is 2. The normalized spacial score (nSPS) is 11.3. The Balaban J connectivity index is 2.76. The highest BCUT2D eigenvalue weighted by Crippen LogP contribution is 2.24. The highest BCUT2D eigenvalue weighted by Gasteiger charge is 2.27. The van der Waals surface area contributed by atoms with Gasteiger partial charge in [0.05, 0.1) is 19.7 Å². The SMILES string of the molecule is COc1c(C)cc(CN(C)CC(=O)N(C)C(C)(C)C#N)cc1C. The van der Waals surface area contributed by atoms with Crippen LogP contribution in [0.1, 0.15) is 30.5 Å². The molecule has 1 aromatic carbocycles. The second kappa shape index (κ2) is 7.47. The number of aryl methyl sites for hydroxylation is 2. The number of methoxy groups -OCH3 is 1. The van der Waals surface area contributed by atoms with E-state index < -0.39 is 5.54 Å².